The average Bonchev–Trinajstić information content (AvgIpc) is 3.50. The molecule has 0 saturated heterocycles. The van der Waals surface area contributed by atoms with Gasteiger partial charge in [0, 0.05) is 24.3 Å². The Morgan fingerprint density at radius 3 is 1.47 bits per heavy atom. The minimum atomic E-state index is -4.38. The van der Waals surface area contributed by atoms with Crippen molar-refractivity contribution in [2.75, 3.05) is 24.6 Å². The van der Waals surface area contributed by atoms with Crippen LogP contribution >= 0.6 is 0 Å². The summed E-state index contributed by atoms with van der Waals surface area (Å²) in [7, 11) is -10.0. The zero-order valence-corrected chi connectivity index (χ0v) is 24.3. The molecule has 2 aliphatic rings. The Hall–Kier alpha value is -2.10. The third-order valence-corrected chi connectivity index (χ3v) is 11.6. The van der Waals surface area contributed by atoms with E-state index in [1.807, 2.05) is 13.8 Å². The average molecular weight is 599 g/mol. The van der Waals surface area contributed by atoms with Gasteiger partial charge < -0.3 is 0 Å². The molecule has 0 aliphatic carbocycles. The maximum atomic E-state index is 11.9. The molecule has 10 nitrogen and oxygen atoms in total. The van der Waals surface area contributed by atoms with Gasteiger partial charge in [0.2, 0.25) is 0 Å². The lowest BCUT2D eigenvalue weighted by atomic mass is 10.1. The highest BCUT2D eigenvalue weighted by Gasteiger charge is 2.23. The molecule has 0 bridgehead atoms. The lowest BCUT2D eigenvalue weighted by molar-refractivity contribution is 0.480. The van der Waals surface area contributed by atoms with Gasteiger partial charge in [-0.25, -0.2) is 0 Å². The fourth-order valence-corrected chi connectivity index (χ4v) is 8.77. The molecule has 2 unspecified atom stereocenters. The van der Waals surface area contributed by atoms with Crippen LogP contribution in [0.25, 0.3) is 0 Å². The predicted molar refractivity (Wildman–Crippen MR) is 153 cm³/mol. The summed E-state index contributed by atoms with van der Waals surface area (Å²) in [5.41, 5.74) is 2.88. The summed E-state index contributed by atoms with van der Waals surface area (Å²) in [4.78, 5) is 8.87. The van der Waals surface area contributed by atoms with Crippen LogP contribution in [0.1, 0.15) is 36.1 Å². The molecule has 4 rings (SSSR count). The van der Waals surface area contributed by atoms with Crippen molar-refractivity contribution in [3.05, 3.63) is 58.7 Å². The maximum absolute atomic E-state index is 11.9. The summed E-state index contributed by atoms with van der Waals surface area (Å²) in [5.74, 6) is 1.34. The van der Waals surface area contributed by atoms with Gasteiger partial charge in [-0.1, -0.05) is 38.1 Å². The van der Waals surface area contributed by atoms with Crippen molar-refractivity contribution < 1.29 is 25.9 Å². The van der Waals surface area contributed by atoms with Crippen molar-refractivity contribution in [2.24, 2.45) is 18.9 Å². The van der Waals surface area contributed by atoms with Gasteiger partial charge in [-0.3, -0.25) is 19.1 Å². The van der Waals surface area contributed by atoms with Crippen LogP contribution in [0.5, 0.6) is 0 Å². The summed E-state index contributed by atoms with van der Waals surface area (Å²) >= 11 is 0. The highest BCUT2D eigenvalue weighted by atomic mass is 32.2. The number of benzene rings is 2. The molecule has 2 heterocycles. The van der Waals surface area contributed by atoms with Crippen LogP contribution in [-0.4, -0.2) is 60.6 Å². The zero-order valence-electron chi connectivity index (χ0n) is 21.1. The Kier molecular flexibility index (Phi) is 9.10. The fraction of sp³-hybridized carbons (Fsp3) is 0.417. The second-order valence-corrected chi connectivity index (χ2v) is 15.1. The van der Waals surface area contributed by atoms with E-state index in [1.165, 1.54) is 12.1 Å². The first-order valence-corrected chi connectivity index (χ1v) is 17.7. The van der Waals surface area contributed by atoms with Crippen LogP contribution in [0.2, 0.25) is 0 Å². The van der Waals surface area contributed by atoms with Gasteiger partial charge in [0.25, 0.3) is 20.2 Å². The van der Waals surface area contributed by atoms with Gasteiger partial charge in [-0.15, -0.1) is 8.94 Å². The second kappa shape index (κ2) is 12.0. The van der Waals surface area contributed by atoms with E-state index in [9.17, 15) is 25.9 Å². The Bertz CT molecular complexity index is 1480. The molecule has 0 aromatic heterocycles. The number of rotatable bonds is 9. The molecule has 2 aromatic rings. The molecular formula is C24H30N4O6S4. The first-order valence-electron chi connectivity index (χ1n) is 12.1. The third kappa shape index (κ3) is 6.90. The van der Waals surface area contributed by atoms with Crippen molar-refractivity contribution in [3.8, 4) is 0 Å². The molecule has 2 atom stereocenters. The number of aliphatic imine (C=N–C) groups is 2. The standard InChI is InChI=1S/C24H30N4O6S4/c1-3-17-5-7-21(37(29,30)31)19(13-17)15-23-25-9-11-35(23)27-28-36-12-10-26-24(36)16-20-14-18(4-2)6-8-22(20)38(32,33)34/h5-8,13-14H,3-4,9-12,15-16H2,1-2H3,(H,29,30,31)(H,32,33,34). The summed E-state index contributed by atoms with van der Waals surface area (Å²) in [5, 5.41) is 1.47. The van der Waals surface area contributed by atoms with E-state index in [2.05, 4.69) is 18.9 Å². The van der Waals surface area contributed by atoms with Crippen LogP contribution in [0.15, 0.2) is 65.1 Å². The normalized spacial score (nSPS) is 20.2. The third-order valence-electron chi connectivity index (χ3n) is 6.23. The van der Waals surface area contributed by atoms with E-state index in [4.69, 9.17) is 0 Å². The largest absolute Gasteiger partial charge is 0.294 e. The fourth-order valence-electron chi connectivity index (χ4n) is 4.24. The molecule has 0 spiro atoms. The minimum absolute atomic E-state index is 0.124. The van der Waals surface area contributed by atoms with Crippen molar-refractivity contribution in [1.82, 2.24) is 0 Å². The van der Waals surface area contributed by atoms with Crippen LogP contribution in [0.3, 0.4) is 0 Å². The predicted octanol–water partition coefficient (Wildman–Crippen LogP) is 3.43. The number of hydrogen-bond donors (Lipinski definition) is 2. The Balaban J connectivity index is 1.59. The monoisotopic (exact) mass is 598 g/mol. The van der Waals surface area contributed by atoms with Gasteiger partial charge in [-0.05, 0) is 68.6 Å². The smallest absolute Gasteiger partial charge is 0.282 e. The molecule has 206 valence electrons. The van der Waals surface area contributed by atoms with E-state index >= 15 is 0 Å². The molecule has 0 amide bonds. The molecule has 14 heteroatoms. The molecule has 0 radical (unpaired) electrons. The van der Waals surface area contributed by atoms with E-state index in [0.29, 0.717) is 35.7 Å². The highest BCUT2D eigenvalue weighted by Crippen LogP contribution is 2.23. The maximum Gasteiger partial charge on any atom is 0.294 e. The van der Waals surface area contributed by atoms with Gasteiger partial charge >= 0.3 is 0 Å². The first-order chi connectivity index (χ1) is 18.0. The lowest BCUT2D eigenvalue weighted by Crippen LogP contribution is -2.13. The topological polar surface area (TPSA) is 158 Å². The molecular weight excluding hydrogens is 569 g/mol. The summed E-state index contributed by atoms with van der Waals surface area (Å²) < 4.78 is 76.3. The van der Waals surface area contributed by atoms with Crippen molar-refractivity contribution in [3.63, 3.8) is 0 Å². The van der Waals surface area contributed by atoms with Crippen molar-refractivity contribution in [2.45, 2.75) is 49.3 Å². The molecule has 2 aliphatic heterocycles. The molecule has 2 N–H and O–H groups in total. The first kappa shape index (κ1) is 28.9. The van der Waals surface area contributed by atoms with E-state index < -0.39 is 41.6 Å². The number of hydrogen-bond acceptors (Lipinski definition) is 6. The van der Waals surface area contributed by atoms with Gasteiger partial charge in [0.15, 0.2) is 0 Å². The number of nitrogens with zero attached hydrogens (tertiary/aromatic N) is 4. The summed E-state index contributed by atoms with van der Waals surface area (Å²) in [6.07, 6.45) is 1.95. The van der Waals surface area contributed by atoms with Crippen LogP contribution < -0.4 is 0 Å². The van der Waals surface area contributed by atoms with Gasteiger partial charge in [-0.2, -0.15) is 16.8 Å². The van der Waals surface area contributed by atoms with Crippen molar-refractivity contribution >= 4 is 51.7 Å². The van der Waals surface area contributed by atoms with Crippen LogP contribution in [0, 0.1) is 0 Å². The van der Waals surface area contributed by atoms with Gasteiger partial charge in [0.05, 0.1) is 33.0 Å². The Morgan fingerprint density at radius 2 is 1.13 bits per heavy atom. The Morgan fingerprint density at radius 1 is 0.737 bits per heavy atom. The van der Waals surface area contributed by atoms with E-state index in [-0.39, 0.29) is 22.6 Å². The SMILES string of the molecule is CCc1ccc(S(=O)(=O)O)c(CC2=NCCS2=NN=S2CCN=C2Cc2cc(CC)ccc2S(=O)(=O)O)c1. The highest BCUT2D eigenvalue weighted by molar-refractivity contribution is 8.04. The quantitative estimate of drug-likeness (QED) is 0.332. The molecule has 0 saturated carbocycles. The van der Waals surface area contributed by atoms with Gasteiger partial charge in [0.1, 0.15) is 0 Å². The summed E-state index contributed by atoms with van der Waals surface area (Å²) in [6, 6.07) is 9.79. The summed E-state index contributed by atoms with van der Waals surface area (Å²) in [6.45, 7) is 5.05. The molecule has 0 fully saturated rings. The minimum Gasteiger partial charge on any atom is -0.282 e. The zero-order chi connectivity index (χ0) is 27.5. The number of aryl methyl sites for hydroxylation is 2. The molecule has 2 aromatic carbocycles. The Labute approximate surface area is 228 Å². The van der Waals surface area contributed by atoms with E-state index in [0.717, 1.165) is 34.1 Å². The lowest BCUT2D eigenvalue weighted by Gasteiger charge is -2.11. The molecule has 38 heavy (non-hydrogen) atoms. The van der Waals surface area contributed by atoms with Crippen LogP contribution in [-0.2, 0) is 67.3 Å². The second-order valence-electron chi connectivity index (χ2n) is 8.75. The van der Waals surface area contributed by atoms with E-state index in [1.54, 1.807) is 24.3 Å². The van der Waals surface area contributed by atoms with Crippen LogP contribution in [0.4, 0.5) is 0 Å². The van der Waals surface area contributed by atoms with Crippen molar-refractivity contribution in [1.29, 1.82) is 0 Å².